The fourth-order valence-electron chi connectivity index (χ4n) is 2.61. The second-order valence-electron chi connectivity index (χ2n) is 5.27. The molecule has 0 atom stereocenters. The number of methoxy groups -OCH3 is 1. The largest absolute Gasteiger partial charge is 0.465 e. The molecule has 1 fully saturated rings. The molecule has 0 amide bonds. The summed E-state index contributed by atoms with van der Waals surface area (Å²) in [5.74, 6) is -0.608. The van der Waals surface area contributed by atoms with Crippen LogP contribution in [0.4, 0.5) is 0 Å². The van der Waals surface area contributed by atoms with Crippen molar-refractivity contribution in [2.45, 2.75) is 55.9 Å². The highest BCUT2D eigenvalue weighted by atomic mass is 32.2. The zero-order chi connectivity index (χ0) is 15.3. The minimum Gasteiger partial charge on any atom is -0.465 e. The summed E-state index contributed by atoms with van der Waals surface area (Å²) < 4.78 is 32.4. The molecule has 1 N–H and O–H groups in total. The first-order valence-corrected chi connectivity index (χ1v) is 9.59. The van der Waals surface area contributed by atoms with Crippen LogP contribution in [0.1, 0.15) is 54.6 Å². The summed E-state index contributed by atoms with van der Waals surface area (Å²) >= 11 is 1.08. The van der Waals surface area contributed by atoms with E-state index in [0.29, 0.717) is 0 Å². The van der Waals surface area contributed by atoms with Crippen LogP contribution >= 0.6 is 11.3 Å². The van der Waals surface area contributed by atoms with Crippen molar-refractivity contribution >= 4 is 27.3 Å². The minimum absolute atomic E-state index is 0.0291. The van der Waals surface area contributed by atoms with E-state index in [0.717, 1.165) is 49.9 Å². The van der Waals surface area contributed by atoms with Gasteiger partial charge in [-0.15, -0.1) is 11.3 Å². The molecule has 1 heterocycles. The molecule has 0 aliphatic heterocycles. The van der Waals surface area contributed by atoms with Crippen LogP contribution in [-0.4, -0.2) is 27.5 Å². The molecule has 0 bridgehead atoms. The fraction of sp³-hybridized carbons (Fsp3) is 0.643. The van der Waals surface area contributed by atoms with Crippen molar-refractivity contribution in [3.63, 3.8) is 0 Å². The third kappa shape index (κ3) is 4.28. The Balaban J connectivity index is 2.14. The van der Waals surface area contributed by atoms with Crippen molar-refractivity contribution in [3.8, 4) is 0 Å². The van der Waals surface area contributed by atoms with Gasteiger partial charge in [0.05, 0.1) is 7.11 Å². The molecule has 0 aromatic carbocycles. The summed E-state index contributed by atoms with van der Waals surface area (Å²) in [6, 6.07) is 1.42. The van der Waals surface area contributed by atoms with E-state index in [2.05, 4.69) is 9.46 Å². The highest BCUT2D eigenvalue weighted by Crippen LogP contribution is 2.24. The average molecular weight is 331 g/mol. The third-order valence-electron chi connectivity index (χ3n) is 3.72. The van der Waals surface area contributed by atoms with Gasteiger partial charge in [-0.1, -0.05) is 32.1 Å². The molecule has 0 saturated heterocycles. The molecule has 1 aromatic heterocycles. The Morgan fingerprint density at radius 3 is 2.48 bits per heavy atom. The highest BCUT2D eigenvalue weighted by Gasteiger charge is 2.27. The number of ether oxygens (including phenoxy) is 1. The van der Waals surface area contributed by atoms with Gasteiger partial charge in [0.2, 0.25) is 10.0 Å². The van der Waals surface area contributed by atoms with Crippen LogP contribution in [0.2, 0.25) is 0 Å². The van der Waals surface area contributed by atoms with E-state index >= 15 is 0 Å². The van der Waals surface area contributed by atoms with Gasteiger partial charge in [0.1, 0.15) is 9.77 Å². The first-order chi connectivity index (χ1) is 10.0. The molecule has 0 spiro atoms. The molecule has 7 heteroatoms. The number of sulfonamides is 1. The topological polar surface area (TPSA) is 72.5 Å². The van der Waals surface area contributed by atoms with Crippen LogP contribution < -0.4 is 4.72 Å². The van der Waals surface area contributed by atoms with E-state index in [1.807, 2.05) is 0 Å². The molecular weight excluding hydrogens is 310 g/mol. The van der Waals surface area contributed by atoms with Gasteiger partial charge in [-0.25, -0.2) is 17.9 Å². The number of rotatable bonds is 4. The van der Waals surface area contributed by atoms with Gasteiger partial charge < -0.3 is 4.74 Å². The lowest BCUT2D eigenvalue weighted by Crippen LogP contribution is -2.35. The quantitative estimate of drug-likeness (QED) is 0.861. The first-order valence-electron chi connectivity index (χ1n) is 7.23. The number of nitrogens with one attached hydrogen (secondary N) is 1. The average Bonchev–Trinajstić information content (AvgIpc) is 2.91. The number of hydrogen-bond donors (Lipinski definition) is 1. The number of thiophene rings is 1. The first kappa shape index (κ1) is 16.5. The SMILES string of the molecule is COC(=O)c1sccc1S(=O)(=O)NC1CCCCCCC1. The number of esters is 1. The Morgan fingerprint density at radius 2 is 1.86 bits per heavy atom. The molecule has 1 aromatic rings. The van der Waals surface area contributed by atoms with E-state index in [1.54, 1.807) is 5.38 Å². The Kier molecular flexibility index (Phi) is 5.78. The van der Waals surface area contributed by atoms with Crippen LogP contribution in [-0.2, 0) is 14.8 Å². The van der Waals surface area contributed by atoms with E-state index in [1.165, 1.54) is 19.6 Å². The lowest BCUT2D eigenvalue weighted by atomic mass is 9.97. The van der Waals surface area contributed by atoms with E-state index < -0.39 is 16.0 Å². The zero-order valence-corrected chi connectivity index (χ0v) is 13.8. The minimum atomic E-state index is -3.67. The number of carbonyl (C=O) groups is 1. The molecular formula is C14H21NO4S2. The molecule has 0 unspecified atom stereocenters. The summed E-state index contributed by atoms with van der Waals surface area (Å²) in [5, 5.41) is 1.60. The Morgan fingerprint density at radius 1 is 1.24 bits per heavy atom. The molecule has 1 aliphatic carbocycles. The van der Waals surface area contributed by atoms with Gasteiger partial charge in [-0.05, 0) is 24.3 Å². The van der Waals surface area contributed by atoms with Crippen LogP contribution in [0, 0.1) is 0 Å². The molecule has 21 heavy (non-hydrogen) atoms. The van der Waals surface area contributed by atoms with E-state index in [4.69, 9.17) is 0 Å². The molecule has 1 aliphatic rings. The lowest BCUT2D eigenvalue weighted by molar-refractivity contribution is 0.0602. The molecule has 5 nitrogen and oxygen atoms in total. The second kappa shape index (κ2) is 7.38. The van der Waals surface area contributed by atoms with Gasteiger partial charge in [0, 0.05) is 6.04 Å². The van der Waals surface area contributed by atoms with Crippen molar-refractivity contribution in [1.29, 1.82) is 0 Å². The second-order valence-corrected chi connectivity index (χ2v) is 7.87. The van der Waals surface area contributed by atoms with E-state index in [-0.39, 0.29) is 15.8 Å². The summed E-state index contributed by atoms with van der Waals surface area (Å²) in [6.07, 6.45) is 7.35. The molecule has 1 saturated carbocycles. The lowest BCUT2D eigenvalue weighted by Gasteiger charge is -2.20. The molecule has 0 radical (unpaired) electrons. The van der Waals surface area contributed by atoms with Gasteiger partial charge in [-0.2, -0.15) is 0 Å². The van der Waals surface area contributed by atoms with Crippen molar-refractivity contribution in [1.82, 2.24) is 4.72 Å². The Hall–Kier alpha value is -0.920. The number of hydrogen-bond acceptors (Lipinski definition) is 5. The van der Waals surface area contributed by atoms with Gasteiger partial charge in [0.15, 0.2) is 0 Å². The summed E-state index contributed by atoms with van der Waals surface area (Å²) in [6.45, 7) is 0. The summed E-state index contributed by atoms with van der Waals surface area (Å²) in [5.41, 5.74) is 0. The Labute approximate surface area is 129 Å². The number of carbonyl (C=O) groups excluding carboxylic acids is 1. The van der Waals surface area contributed by atoms with Gasteiger partial charge in [-0.3, -0.25) is 0 Å². The van der Waals surface area contributed by atoms with Crippen LogP contribution in [0.15, 0.2) is 16.3 Å². The zero-order valence-electron chi connectivity index (χ0n) is 12.1. The van der Waals surface area contributed by atoms with Crippen LogP contribution in [0.3, 0.4) is 0 Å². The maximum atomic E-state index is 12.5. The summed E-state index contributed by atoms with van der Waals surface area (Å²) in [7, 11) is -2.42. The Bertz CT molecular complexity index is 572. The normalized spacial score (nSPS) is 18.0. The summed E-state index contributed by atoms with van der Waals surface area (Å²) in [4.78, 5) is 11.8. The van der Waals surface area contributed by atoms with Crippen molar-refractivity contribution in [2.24, 2.45) is 0 Å². The predicted molar refractivity (Wildman–Crippen MR) is 82.1 cm³/mol. The van der Waals surface area contributed by atoms with Crippen molar-refractivity contribution in [2.75, 3.05) is 7.11 Å². The van der Waals surface area contributed by atoms with Crippen LogP contribution in [0.5, 0.6) is 0 Å². The van der Waals surface area contributed by atoms with Crippen LogP contribution in [0.25, 0.3) is 0 Å². The standard InChI is InChI=1S/C14H21NO4S2/c1-19-14(16)13-12(9-10-20-13)21(17,18)15-11-7-5-3-2-4-6-8-11/h9-11,15H,2-8H2,1H3. The maximum absolute atomic E-state index is 12.5. The fourth-order valence-corrected chi connectivity index (χ4v) is 5.25. The van der Waals surface area contributed by atoms with E-state index in [9.17, 15) is 13.2 Å². The van der Waals surface area contributed by atoms with Crippen molar-refractivity contribution in [3.05, 3.63) is 16.3 Å². The predicted octanol–water partition coefficient (Wildman–Crippen LogP) is 2.93. The monoisotopic (exact) mass is 331 g/mol. The van der Waals surface area contributed by atoms with Gasteiger partial charge >= 0.3 is 5.97 Å². The van der Waals surface area contributed by atoms with Crippen molar-refractivity contribution < 1.29 is 17.9 Å². The highest BCUT2D eigenvalue weighted by molar-refractivity contribution is 7.89. The molecule has 118 valence electrons. The van der Waals surface area contributed by atoms with Gasteiger partial charge in [0.25, 0.3) is 0 Å². The maximum Gasteiger partial charge on any atom is 0.349 e. The molecule has 2 rings (SSSR count). The smallest absolute Gasteiger partial charge is 0.349 e. The third-order valence-corrected chi connectivity index (χ3v) is 6.30.